The summed E-state index contributed by atoms with van der Waals surface area (Å²) in [6.45, 7) is 1.98. The molecule has 0 bridgehead atoms. The molecule has 0 N–H and O–H groups in total. The van der Waals surface area contributed by atoms with Gasteiger partial charge in [-0.15, -0.1) is 11.8 Å². The molecule has 0 fully saturated rings. The first-order valence-corrected chi connectivity index (χ1v) is 7.76. The van der Waals surface area contributed by atoms with Gasteiger partial charge in [0.25, 0.3) is 0 Å². The van der Waals surface area contributed by atoms with E-state index in [9.17, 15) is 4.79 Å². The van der Waals surface area contributed by atoms with Crippen LogP contribution in [0.1, 0.15) is 30.6 Å². The highest BCUT2D eigenvalue weighted by Crippen LogP contribution is 2.19. The number of methoxy groups -OCH3 is 1. The zero-order chi connectivity index (χ0) is 15.1. The number of hydrogen-bond donors (Lipinski definition) is 0. The van der Waals surface area contributed by atoms with Gasteiger partial charge in [0.1, 0.15) is 0 Å². The molecule has 0 aliphatic rings. The minimum Gasteiger partial charge on any atom is -0.469 e. The number of carbonyl (C=O) groups is 1. The van der Waals surface area contributed by atoms with Crippen LogP contribution < -0.4 is 0 Å². The van der Waals surface area contributed by atoms with Gasteiger partial charge in [0.15, 0.2) is 5.82 Å². The van der Waals surface area contributed by atoms with E-state index in [0.717, 1.165) is 5.56 Å². The number of aromatic nitrogens is 2. The maximum absolute atomic E-state index is 11.2. The molecule has 0 amide bonds. The van der Waals surface area contributed by atoms with Crippen LogP contribution in [0, 0.1) is 0 Å². The second kappa shape index (κ2) is 7.83. The van der Waals surface area contributed by atoms with E-state index in [2.05, 4.69) is 14.9 Å². The fourth-order valence-electron chi connectivity index (χ4n) is 1.78. The predicted molar refractivity (Wildman–Crippen MR) is 80.9 cm³/mol. The molecule has 1 aromatic carbocycles. The summed E-state index contributed by atoms with van der Waals surface area (Å²) in [7, 11) is 1.40. The Morgan fingerprint density at radius 1 is 1.38 bits per heavy atom. The van der Waals surface area contributed by atoms with E-state index in [0.29, 0.717) is 30.3 Å². The summed E-state index contributed by atoms with van der Waals surface area (Å²) in [4.78, 5) is 15.5. The number of ether oxygens (including phenoxy) is 1. The monoisotopic (exact) mass is 306 g/mol. The lowest BCUT2D eigenvalue weighted by Crippen LogP contribution is -2.08. The number of benzene rings is 1. The molecule has 1 atom stereocenters. The van der Waals surface area contributed by atoms with Gasteiger partial charge in [0.05, 0.1) is 25.7 Å². The van der Waals surface area contributed by atoms with E-state index in [4.69, 9.17) is 4.52 Å². The van der Waals surface area contributed by atoms with Gasteiger partial charge in [-0.3, -0.25) is 4.79 Å². The van der Waals surface area contributed by atoms with Crippen molar-refractivity contribution in [2.45, 2.75) is 30.8 Å². The lowest BCUT2D eigenvalue weighted by atomic mass is 10.1. The largest absolute Gasteiger partial charge is 0.469 e. The topological polar surface area (TPSA) is 65.2 Å². The maximum Gasteiger partial charge on any atom is 0.306 e. The molecule has 6 heteroatoms. The lowest BCUT2D eigenvalue weighted by Gasteiger charge is -2.07. The highest BCUT2D eigenvalue weighted by Gasteiger charge is 2.12. The Bertz CT molecular complexity index is 571. The Balaban J connectivity index is 1.82. The first-order chi connectivity index (χ1) is 10.2. The standard InChI is InChI=1S/C15H18N2O3S/c1-11(8-15(18)19-2)21-10-13-16-14(20-17-13)9-12-6-4-3-5-7-12/h3-7,11H,8-10H2,1-2H3/t11-/m0/s1. The van der Waals surface area contributed by atoms with Crippen molar-refractivity contribution in [3.63, 3.8) is 0 Å². The Kier molecular flexibility index (Phi) is 5.80. The van der Waals surface area contributed by atoms with Crippen LogP contribution in [0.25, 0.3) is 0 Å². The van der Waals surface area contributed by atoms with E-state index >= 15 is 0 Å². The Morgan fingerprint density at radius 3 is 2.86 bits per heavy atom. The Morgan fingerprint density at radius 2 is 2.14 bits per heavy atom. The SMILES string of the molecule is COC(=O)C[C@H](C)SCc1noc(Cc2ccccc2)n1. The van der Waals surface area contributed by atoms with Crippen molar-refractivity contribution in [3.05, 3.63) is 47.6 Å². The number of esters is 1. The molecule has 0 spiro atoms. The Labute approximate surface area is 128 Å². The van der Waals surface area contributed by atoms with Crippen LogP contribution in [0.5, 0.6) is 0 Å². The van der Waals surface area contributed by atoms with Crippen LogP contribution in [-0.4, -0.2) is 28.5 Å². The molecule has 0 radical (unpaired) electrons. The van der Waals surface area contributed by atoms with Crippen molar-refractivity contribution in [1.29, 1.82) is 0 Å². The van der Waals surface area contributed by atoms with Crippen LogP contribution in [0.3, 0.4) is 0 Å². The molecule has 0 unspecified atom stereocenters. The number of carbonyl (C=O) groups excluding carboxylic acids is 1. The second-order valence-corrected chi connectivity index (χ2v) is 6.10. The quantitative estimate of drug-likeness (QED) is 0.733. The van der Waals surface area contributed by atoms with Gasteiger partial charge in [-0.05, 0) is 5.56 Å². The van der Waals surface area contributed by atoms with Gasteiger partial charge in [-0.2, -0.15) is 4.98 Å². The molecule has 1 heterocycles. The fraction of sp³-hybridized carbons (Fsp3) is 0.400. The summed E-state index contributed by atoms with van der Waals surface area (Å²) < 4.78 is 9.88. The third kappa shape index (κ3) is 5.23. The first-order valence-electron chi connectivity index (χ1n) is 6.71. The number of nitrogens with zero attached hydrogens (tertiary/aromatic N) is 2. The molecule has 5 nitrogen and oxygen atoms in total. The summed E-state index contributed by atoms with van der Waals surface area (Å²) in [5.74, 6) is 1.68. The first kappa shape index (κ1) is 15.6. The smallest absolute Gasteiger partial charge is 0.306 e. The molecule has 0 aliphatic heterocycles. The molecule has 0 aliphatic carbocycles. The molecule has 0 saturated carbocycles. The van der Waals surface area contributed by atoms with Gasteiger partial charge in [-0.25, -0.2) is 0 Å². The third-order valence-electron chi connectivity index (χ3n) is 2.89. The fourth-order valence-corrected chi connectivity index (χ4v) is 2.59. The zero-order valence-electron chi connectivity index (χ0n) is 12.1. The molecule has 112 valence electrons. The molecule has 2 aromatic rings. The molecule has 1 aromatic heterocycles. The van der Waals surface area contributed by atoms with E-state index in [-0.39, 0.29) is 11.2 Å². The van der Waals surface area contributed by atoms with Crippen molar-refractivity contribution in [2.75, 3.05) is 7.11 Å². The van der Waals surface area contributed by atoms with Crippen LogP contribution in [-0.2, 0) is 21.7 Å². The van der Waals surface area contributed by atoms with E-state index in [1.165, 1.54) is 7.11 Å². The van der Waals surface area contributed by atoms with Crippen molar-refractivity contribution < 1.29 is 14.1 Å². The Hall–Kier alpha value is -1.82. The average Bonchev–Trinajstić information content (AvgIpc) is 2.93. The average molecular weight is 306 g/mol. The summed E-state index contributed by atoms with van der Waals surface area (Å²) in [5, 5.41) is 4.12. The second-order valence-electron chi connectivity index (χ2n) is 4.67. The zero-order valence-corrected chi connectivity index (χ0v) is 12.9. The van der Waals surface area contributed by atoms with E-state index < -0.39 is 0 Å². The van der Waals surface area contributed by atoms with Gasteiger partial charge in [0, 0.05) is 5.25 Å². The minimum absolute atomic E-state index is 0.161. The molecule has 21 heavy (non-hydrogen) atoms. The van der Waals surface area contributed by atoms with Crippen LogP contribution >= 0.6 is 11.8 Å². The highest BCUT2D eigenvalue weighted by atomic mass is 32.2. The summed E-state index contributed by atoms with van der Waals surface area (Å²) in [5.41, 5.74) is 1.14. The number of thioether (sulfide) groups is 1. The summed E-state index contributed by atoms with van der Waals surface area (Å²) in [6, 6.07) is 9.99. The minimum atomic E-state index is -0.201. The summed E-state index contributed by atoms with van der Waals surface area (Å²) in [6.07, 6.45) is 1.02. The van der Waals surface area contributed by atoms with Gasteiger partial charge in [-0.1, -0.05) is 42.4 Å². The van der Waals surface area contributed by atoms with E-state index in [1.807, 2.05) is 37.3 Å². The molecular formula is C15H18N2O3S. The third-order valence-corrected chi connectivity index (χ3v) is 4.05. The number of hydrogen-bond acceptors (Lipinski definition) is 6. The summed E-state index contributed by atoms with van der Waals surface area (Å²) >= 11 is 1.61. The van der Waals surface area contributed by atoms with Gasteiger partial charge < -0.3 is 9.26 Å². The van der Waals surface area contributed by atoms with Crippen molar-refractivity contribution in [2.24, 2.45) is 0 Å². The normalized spacial score (nSPS) is 12.1. The van der Waals surface area contributed by atoms with Crippen molar-refractivity contribution >= 4 is 17.7 Å². The highest BCUT2D eigenvalue weighted by molar-refractivity contribution is 7.99. The van der Waals surface area contributed by atoms with Gasteiger partial charge >= 0.3 is 5.97 Å². The van der Waals surface area contributed by atoms with E-state index in [1.54, 1.807) is 11.8 Å². The molecular weight excluding hydrogens is 288 g/mol. The predicted octanol–water partition coefficient (Wildman–Crippen LogP) is 2.85. The van der Waals surface area contributed by atoms with Crippen LogP contribution in [0.2, 0.25) is 0 Å². The van der Waals surface area contributed by atoms with Crippen molar-refractivity contribution in [1.82, 2.24) is 10.1 Å². The maximum atomic E-state index is 11.2. The molecule has 2 rings (SSSR count). The molecule has 0 saturated heterocycles. The van der Waals surface area contributed by atoms with Crippen LogP contribution in [0.4, 0.5) is 0 Å². The van der Waals surface area contributed by atoms with Gasteiger partial charge in [0.2, 0.25) is 5.89 Å². The lowest BCUT2D eigenvalue weighted by molar-refractivity contribution is -0.140. The number of rotatable bonds is 7. The van der Waals surface area contributed by atoms with Crippen LogP contribution in [0.15, 0.2) is 34.9 Å². The van der Waals surface area contributed by atoms with Crippen molar-refractivity contribution in [3.8, 4) is 0 Å².